The molecule has 0 radical (unpaired) electrons. The number of aromatic amines is 1. The van der Waals surface area contributed by atoms with Gasteiger partial charge in [0.15, 0.2) is 0 Å². The van der Waals surface area contributed by atoms with Crippen LogP contribution < -0.4 is 5.32 Å². The van der Waals surface area contributed by atoms with Crippen molar-refractivity contribution in [2.45, 2.75) is 6.92 Å². The van der Waals surface area contributed by atoms with Gasteiger partial charge >= 0.3 is 0 Å². The zero-order chi connectivity index (χ0) is 11.8. The van der Waals surface area contributed by atoms with Crippen LogP contribution in [0.4, 0.5) is 4.39 Å². The van der Waals surface area contributed by atoms with E-state index in [4.69, 9.17) is 0 Å². The highest BCUT2D eigenvalue weighted by atomic mass is 19.1. The number of benzene rings is 1. The number of halogens is 1. The van der Waals surface area contributed by atoms with Gasteiger partial charge in [0.1, 0.15) is 5.82 Å². The van der Waals surface area contributed by atoms with Crippen molar-refractivity contribution in [3.05, 3.63) is 41.9 Å². The summed E-state index contributed by atoms with van der Waals surface area (Å²) >= 11 is 0. The quantitative estimate of drug-likeness (QED) is 0.774. The maximum absolute atomic E-state index is 13.6. The molecular weight excluding hydrogens is 215 g/mol. The van der Waals surface area contributed by atoms with Crippen LogP contribution in [-0.4, -0.2) is 18.1 Å². The molecule has 17 heavy (non-hydrogen) atoms. The van der Waals surface area contributed by atoms with Crippen LogP contribution in [0.2, 0.25) is 0 Å². The van der Waals surface area contributed by atoms with Gasteiger partial charge in [0.05, 0.1) is 5.52 Å². The lowest BCUT2D eigenvalue weighted by molar-refractivity contribution is 0.606. The Labute approximate surface area is 99.5 Å². The average molecular weight is 230 g/mol. The van der Waals surface area contributed by atoms with Crippen LogP contribution >= 0.6 is 0 Å². The largest absolute Gasteiger partial charge is 0.361 e. The number of hydrogen-bond donors (Lipinski definition) is 2. The Morgan fingerprint density at radius 1 is 1.35 bits per heavy atom. The van der Waals surface area contributed by atoms with E-state index in [2.05, 4.69) is 23.3 Å². The molecule has 2 heterocycles. The van der Waals surface area contributed by atoms with Gasteiger partial charge in [-0.25, -0.2) is 4.39 Å². The highest BCUT2D eigenvalue weighted by Gasteiger charge is 2.14. The normalized spacial score (nSPS) is 20.6. The van der Waals surface area contributed by atoms with E-state index >= 15 is 0 Å². The standard InChI is InChI=1S/C14H15FN2/c1-9-4-11(8-16-7-9)13-6-12(15)5-10-2-3-17-14(10)13/h2-6,9,16-17H,7-8H2,1H3/t9-/m0/s1. The van der Waals surface area contributed by atoms with Gasteiger partial charge in [-0.15, -0.1) is 0 Å². The predicted octanol–water partition coefficient (Wildman–Crippen LogP) is 2.93. The Hall–Kier alpha value is -1.61. The molecule has 0 amide bonds. The number of aromatic nitrogens is 1. The minimum atomic E-state index is -0.175. The molecule has 0 aliphatic carbocycles. The molecule has 0 saturated heterocycles. The van der Waals surface area contributed by atoms with Crippen LogP contribution in [0.3, 0.4) is 0 Å². The Morgan fingerprint density at radius 3 is 3.06 bits per heavy atom. The Bertz CT molecular complexity index is 583. The van der Waals surface area contributed by atoms with Gasteiger partial charge in [0.25, 0.3) is 0 Å². The third-order valence-electron chi connectivity index (χ3n) is 3.24. The summed E-state index contributed by atoms with van der Waals surface area (Å²) in [5, 5.41) is 4.28. The van der Waals surface area contributed by atoms with Gasteiger partial charge in [0, 0.05) is 30.2 Å². The number of fused-ring (bicyclic) bond motifs is 1. The summed E-state index contributed by atoms with van der Waals surface area (Å²) in [7, 11) is 0. The van der Waals surface area contributed by atoms with Gasteiger partial charge in [-0.3, -0.25) is 0 Å². The maximum atomic E-state index is 13.6. The molecule has 88 valence electrons. The summed E-state index contributed by atoms with van der Waals surface area (Å²) in [6, 6.07) is 5.09. The van der Waals surface area contributed by atoms with E-state index in [1.165, 1.54) is 5.57 Å². The Balaban J connectivity index is 2.19. The summed E-state index contributed by atoms with van der Waals surface area (Å²) < 4.78 is 13.6. The molecule has 0 unspecified atom stereocenters. The first-order valence-corrected chi connectivity index (χ1v) is 5.92. The summed E-state index contributed by atoms with van der Waals surface area (Å²) in [5.74, 6) is 0.318. The molecule has 2 nitrogen and oxygen atoms in total. The lowest BCUT2D eigenvalue weighted by atomic mass is 9.96. The first-order valence-electron chi connectivity index (χ1n) is 5.92. The van der Waals surface area contributed by atoms with Crippen molar-refractivity contribution in [3.63, 3.8) is 0 Å². The molecule has 1 aliphatic rings. The molecule has 1 atom stereocenters. The monoisotopic (exact) mass is 230 g/mol. The van der Waals surface area contributed by atoms with E-state index in [9.17, 15) is 4.39 Å². The van der Waals surface area contributed by atoms with Crippen LogP contribution in [0.15, 0.2) is 30.5 Å². The van der Waals surface area contributed by atoms with E-state index in [0.29, 0.717) is 5.92 Å². The van der Waals surface area contributed by atoms with Gasteiger partial charge < -0.3 is 10.3 Å². The Kier molecular flexibility index (Phi) is 2.48. The van der Waals surface area contributed by atoms with E-state index in [1.807, 2.05) is 12.3 Å². The third kappa shape index (κ3) is 1.87. The third-order valence-corrected chi connectivity index (χ3v) is 3.24. The molecule has 0 bridgehead atoms. The first-order chi connectivity index (χ1) is 8.24. The predicted molar refractivity (Wildman–Crippen MR) is 68.3 cm³/mol. The molecule has 0 spiro atoms. The van der Waals surface area contributed by atoms with Crippen LogP contribution in [0, 0.1) is 11.7 Å². The van der Waals surface area contributed by atoms with Crippen molar-refractivity contribution in [2.24, 2.45) is 5.92 Å². The van der Waals surface area contributed by atoms with Gasteiger partial charge in [-0.1, -0.05) is 13.0 Å². The van der Waals surface area contributed by atoms with Crippen molar-refractivity contribution in [2.75, 3.05) is 13.1 Å². The molecule has 2 N–H and O–H groups in total. The summed E-state index contributed by atoms with van der Waals surface area (Å²) in [5.41, 5.74) is 3.17. The number of hydrogen-bond acceptors (Lipinski definition) is 1. The lowest BCUT2D eigenvalue weighted by Gasteiger charge is -2.20. The molecule has 1 aromatic carbocycles. The molecule has 1 aliphatic heterocycles. The van der Waals surface area contributed by atoms with E-state index in [-0.39, 0.29) is 5.82 Å². The van der Waals surface area contributed by atoms with Crippen molar-refractivity contribution in [1.29, 1.82) is 0 Å². The van der Waals surface area contributed by atoms with Crippen LogP contribution in [0.1, 0.15) is 12.5 Å². The fraction of sp³-hybridized carbons (Fsp3) is 0.286. The highest BCUT2D eigenvalue weighted by Crippen LogP contribution is 2.27. The van der Waals surface area contributed by atoms with E-state index in [1.54, 1.807) is 12.1 Å². The van der Waals surface area contributed by atoms with Crippen LogP contribution in [-0.2, 0) is 0 Å². The van der Waals surface area contributed by atoms with Crippen molar-refractivity contribution in [3.8, 4) is 0 Å². The first kappa shape index (κ1) is 10.5. The van der Waals surface area contributed by atoms with Crippen LogP contribution in [0.5, 0.6) is 0 Å². The second kappa shape index (κ2) is 4.00. The fourth-order valence-electron chi connectivity index (χ4n) is 2.47. The minimum Gasteiger partial charge on any atom is -0.361 e. The van der Waals surface area contributed by atoms with E-state index in [0.717, 1.165) is 29.6 Å². The zero-order valence-corrected chi connectivity index (χ0v) is 9.76. The van der Waals surface area contributed by atoms with Gasteiger partial charge in [-0.05, 0) is 29.7 Å². The molecule has 3 heteroatoms. The summed E-state index contributed by atoms with van der Waals surface area (Å²) in [6.07, 6.45) is 4.08. The minimum absolute atomic E-state index is 0.175. The maximum Gasteiger partial charge on any atom is 0.124 e. The van der Waals surface area contributed by atoms with Gasteiger partial charge in [0.2, 0.25) is 0 Å². The highest BCUT2D eigenvalue weighted by molar-refractivity contribution is 5.92. The van der Waals surface area contributed by atoms with Crippen molar-refractivity contribution in [1.82, 2.24) is 10.3 Å². The SMILES string of the molecule is C[C@H]1C=C(c2cc(F)cc3cc[nH]c23)CNC1. The second-order valence-electron chi connectivity index (χ2n) is 4.70. The average Bonchev–Trinajstić information content (AvgIpc) is 2.75. The smallest absolute Gasteiger partial charge is 0.124 e. The lowest BCUT2D eigenvalue weighted by Crippen LogP contribution is -2.27. The van der Waals surface area contributed by atoms with Crippen LogP contribution in [0.25, 0.3) is 16.5 Å². The fourth-order valence-corrected chi connectivity index (χ4v) is 2.47. The number of nitrogens with one attached hydrogen (secondary N) is 2. The summed E-state index contributed by atoms with van der Waals surface area (Å²) in [4.78, 5) is 3.19. The van der Waals surface area contributed by atoms with Crippen molar-refractivity contribution < 1.29 is 4.39 Å². The number of H-pyrrole nitrogens is 1. The molecule has 1 aromatic heterocycles. The van der Waals surface area contributed by atoms with Gasteiger partial charge in [-0.2, -0.15) is 0 Å². The van der Waals surface area contributed by atoms with E-state index < -0.39 is 0 Å². The molecule has 3 rings (SSSR count). The topological polar surface area (TPSA) is 27.8 Å². The molecule has 0 fully saturated rings. The molecule has 2 aromatic rings. The molecule has 0 saturated carbocycles. The summed E-state index contributed by atoms with van der Waals surface area (Å²) in [6.45, 7) is 3.96. The number of rotatable bonds is 1. The zero-order valence-electron chi connectivity index (χ0n) is 9.76. The molecular formula is C14H15FN2. The van der Waals surface area contributed by atoms with Crippen molar-refractivity contribution >= 4 is 16.5 Å². The second-order valence-corrected chi connectivity index (χ2v) is 4.70. The Morgan fingerprint density at radius 2 is 2.24 bits per heavy atom.